The number of nitrogens with one attached hydrogen (secondary N) is 1. The Bertz CT molecular complexity index is 695. The average molecular weight is 339 g/mol. The second-order valence-corrected chi connectivity index (χ2v) is 4.89. The van der Waals surface area contributed by atoms with Gasteiger partial charge in [0.15, 0.2) is 0 Å². The maximum atomic E-state index is 11.9. The summed E-state index contributed by atoms with van der Waals surface area (Å²) in [5.74, 6) is -0.866. The Balaban J connectivity index is 2.42. The van der Waals surface area contributed by atoms with Gasteiger partial charge in [0.25, 0.3) is 5.56 Å². The van der Waals surface area contributed by atoms with Crippen molar-refractivity contribution in [2.75, 3.05) is 7.11 Å². The van der Waals surface area contributed by atoms with Gasteiger partial charge in [0.05, 0.1) is 19.1 Å². The number of rotatable bonds is 3. The largest absolute Gasteiger partial charge is 0.493 e. The van der Waals surface area contributed by atoms with E-state index in [1.54, 1.807) is 24.3 Å². The molecule has 0 saturated heterocycles. The quantitative estimate of drug-likeness (QED) is 0.829. The number of aromatic amines is 1. The summed E-state index contributed by atoms with van der Waals surface area (Å²) in [5, 5.41) is 9.78. The maximum Gasteiger partial charge on any atom is 0.310 e. The van der Waals surface area contributed by atoms with Gasteiger partial charge in [0.2, 0.25) is 5.88 Å². The number of H-pyrrole nitrogens is 1. The molecule has 20 heavy (non-hydrogen) atoms. The highest BCUT2D eigenvalue weighted by Gasteiger charge is 2.15. The topological polar surface area (TPSA) is 92.3 Å². The van der Waals surface area contributed by atoms with Crippen molar-refractivity contribution in [1.82, 2.24) is 9.97 Å². The lowest BCUT2D eigenvalue weighted by molar-refractivity contribution is -0.139. The van der Waals surface area contributed by atoms with Crippen molar-refractivity contribution in [2.24, 2.45) is 0 Å². The molecule has 0 saturated carbocycles. The molecule has 0 aliphatic rings. The Labute approximate surface area is 122 Å². The summed E-state index contributed by atoms with van der Waals surface area (Å²) in [4.78, 5) is 29.5. The molecule has 0 aliphatic carbocycles. The number of methoxy groups -OCH3 is 1. The van der Waals surface area contributed by atoms with Crippen molar-refractivity contribution < 1.29 is 14.6 Å². The molecular weight excluding hydrogens is 328 g/mol. The predicted octanol–water partition coefficient (Wildman–Crippen LogP) is 1.62. The van der Waals surface area contributed by atoms with E-state index in [9.17, 15) is 14.7 Å². The van der Waals surface area contributed by atoms with Crippen LogP contribution in [-0.2, 0) is 16.0 Å². The van der Waals surface area contributed by atoms with E-state index in [4.69, 9.17) is 0 Å². The summed E-state index contributed by atoms with van der Waals surface area (Å²) < 4.78 is 5.34. The molecular formula is C13H11BrN2O4. The van der Waals surface area contributed by atoms with Gasteiger partial charge in [-0.2, -0.15) is 4.98 Å². The van der Waals surface area contributed by atoms with E-state index in [0.717, 1.165) is 4.47 Å². The van der Waals surface area contributed by atoms with Gasteiger partial charge in [-0.05, 0) is 12.1 Å². The smallest absolute Gasteiger partial charge is 0.310 e. The molecule has 0 radical (unpaired) electrons. The van der Waals surface area contributed by atoms with Crippen LogP contribution in [-0.4, -0.2) is 28.2 Å². The van der Waals surface area contributed by atoms with Gasteiger partial charge in [-0.1, -0.05) is 28.1 Å². The Morgan fingerprint density at radius 3 is 2.60 bits per heavy atom. The monoisotopic (exact) mass is 338 g/mol. The van der Waals surface area contributed by atoms with Crippen LogP contribution in [0, 0.1) is 0 Å². The molecule has 0 fully saturated rings. The van der Waals surface area contributed by atoms with E-state index < -0.39 is 17.4 Å². The van der Waals surface area contributed by atoms with Crippen molar-refractivity contribution in [1.29, 1.82) is 0 Å². The van der Waals surface area contributed by atoms with Crippen LogP contribution in [0.25, 0.3) is 11.4 Å². The van der Waals surface area contributed by atoms with Gasteiger partial charge in [-0.15, -0.1) is 0 Å². The van der Waals surface area contributed by atoms with Crippen LogP contribution < -0.4 is 5.56 Å². The van der Waals surface area contributed by atoms with Gasteiger partial charge in [-0.3, -0.25) is 9.59 Å². The minimum Gasteiger partial charge on any atom is -0.493 e. The highest BCUT2D eigenvalue weighted by molar-refractivity contribution is 9.10. The minimum absolute atomic E-state index is 0.113. The van der Waals surface area contributed by atoms with Gasteiger partial charge >= 0.3 is 5.97 Å². The van der Waals surface area contributed by atoms with Crippen LogP contribution in [0.1, 0.15) is 5.56 Å². The molecule has 6 nitrogen and oxygen atoms in total. The lowest BCUT2D eigenvalue weighted by atomic mass is 10.2. The van der Waals surface area contributed by atoms with Crippen molar-refractivity contribution >= 4 is 21.9 Å². The van der Waals surface area contributed by atoms with Crippen molar-refractivity contribution in [3.8, 4) is 17.3 Å². The molecule has 0 aliphatic heterocycles. The number of halogens is 1. The van der Waals surface area contributed by atoms with Gasteiger partial charge in [-0.25, -0.2) is 0 Å². The van der Waals surface area contributed by atoms with E-state index in [-0.39, 0.29) is 17.8 Å². The third kappa shape index (κ3) is 3.05. The fourth-order valence-electron chi connectivity index (χ4n) is 1.61. The standard InChI is InChI=1S/C13H11BrN2O4/c1-20-10(17)6-9-12(18)15-11(16-13(9)19)7-2-4-8(14)5-3-7/h2-5H,6H2,1H3,(H2,15,16,18,19). The second kappa shape index (κ2) is 5.87. The van der Waals surface area contributed by atoms with Crippen LogP contribution in [0.15, 0.2) is 33.5 Å². The molecule has 0 bridgehead atoms. The first-order valence-corrected chi connectivity index (χ1v) is 6.45. The van der Waals surface area contributed by atoms with E-state index in [1.165, 1.54) is 7.11 Å². The number of carbonyl (C=O) groups is 1. The van der Waals surface area contributed by atoms with Gasteiger partial charge in [0, 0.05) is 10.0 Å². The number of nitrogens with zero attached hydrogens (tertiary/aromatic N) is 1. The third-order valence-electron chi connectivity index (χ3n) is 2.66. The van der Waals surface area contributed by atoms with Crippen LogP contribution in [0.4, 0.5) is 0 Å². The first kappa shape index (κ1) is 14.3. The van der Waals surface area contributed by atoms with Crippen molar-refractivity contribution in [3.05, 3.63) is 44.7 Å². The third-order valence-corrected chi connectivity index (χ3v) is 3.19. The molecule has 1 heterocycles. The van der Waals surface area contributed by atoms with Crippen LogP contribution in [0.2, 0.25) is 0 Å². The zero-order valence-electron chi connectivity index (χ0n) is 10.5. The fraction of sp³-hybridized carbons (Fsp3) is 0.154. The predicted molar refractivity (Wildman–Crippen MR) is 75.4 cm³/mol. The van der Waals surface area contributed by atoms with Gasteiger partial charge < -0.3 is 14.8 Å². The first-order chi connectivity index (χ1) is 9.51. The Morgan fingerprint density at radius 1 is 1.40 bits per heavy atom. The number of hydrogen-bond acceptors (Lipinski definition) is 5. The summed E-state index contributed by atoms with van der Waals surface area (Å²) in [6.07, 6.45) is -0.328. The number of hydrogen-bond donors (Lipinski definition) is 2. The average Bonchev–Trinajstić information content (AvgIpc) is 2.43. The molecule has 0 unspecified atom stereocenters. The van der Waals surface area contributed by atoms with Crippen LogP contribution >= 0.6 is 15.9 Å². The highest BCUT2D eigenvalue weighted by atomic mass is 79.9. The minimum atomic E-state index is -0.621. The lowest BCUT2D eigenvalue weighted by Gasteiger charge is -2.05. The SMILES string of the molecule is COC(=O)Cc1c(O)nc(-c2ccc(Br)cc2)[nH]c1=O. The zero-order chi connectivity index (χ0) is 14.7. The van der Waals surface area contributed by atoms with Crippen LogP contribution in [0.3, 0.4) is 0 Å². The molecule has 2 rings (SSSR count). The first-order valence-electron chi connectivity index (χ1n) is 5.66. The molecule has 0 atom stereocenters. The Morgan fingerprint density at radius 2 is 2.05 bits per heavy atom. The number of ether oxygens (including phenoxy) is 1. The maximum absolute atomic E-state index is 11.9. The number of benzene rings is 1. The Hall–Kier alpha value is -2.15. The lowest BCUT2D eigenvalue weighted by Crippen LogP contribution is -2.19. The summed E-state index contributed by atoms with van der Waals surface area (Å²) in [7, 11) is 1.21. The van der Waals surface area contributed by atoms with E-state index >= 15 is 0 Å². The van der Waals surface area contributed by atoms with Crippen molar-refractivity contribution in [3.63, 3.8) is 0 Å². The number of aromatic hydroxyl groups is 1. The van der Waals surface area contributed by atoms with Crippen LogP contribution in [0.5, 0.6) is 5.88 Å². The molecule has 2 N–H and O–H groups in total. The normalized spacial score (nSPS) is 10.3. The second-order valence-electron chi connectivity index (χ2n) is 3.98. The number of carbonyl (C=O) groups excluding carboxylic acids is 1. The molecule has 1 aromatic carbocycles. The zero-order valence-corrected chi connectivity index (χ0v) is 12.1. The summed E-state index contributed by atoms with van der Waals surface area (Å²) in [5.41, 5.74) is -0.0382. The number of esters is 1. The Kier molecular flexibility index (Phi) is 4.19. The molecule has 104 valence electrons. The molecule has 2 aromatic rings. The fourth-order valence-corrected chi connectivity index (χ4v) is 1.87. The molecule has 0 amide bonds. The number of aromatic nitrogens is 2. The summed E-state index contributed by atoms with van der Waals surface area (Å²) >= 11 is 3.30. The highest BCUT2D eigenvalue weighted by Crippen LogP contribution is 2.20. The molecule has 7 heteroatoms. The summed E-state index contributed by atoms with van der Waals surface area (Å²) in [6, 6.07) is 7.05. The van der Waals surface area contributed by atoms with Crippen molar-refractivity contribution in [2.45, 2.75) is 6.42 Å². The van der Waals surface area contributed by atoms with E-state index in [1.807, 2.05) is 0 Å². The molecule has 1 aromatic heterocycles. The van der Waals surface area contributed by atoms with Gasteiger partial charge in [0.1, 0.15) is 5.82 Å². The van der Waals surface area contributed by atoms with E-state index in [0.29, 0.717) is 5.56 Å². The molecule has 0 spiro atoms. The summed E-state index contributed by atoms with van der Waals surface area (Å²) in [6.45, 7) is 0. The van der Waals surface area contributed by atoms with E-state index in [2.05, 4.69) is 30.6 Å².